The van der Waals surface area contributed by atoms with E-state index in [1.54, 1.807) is 25.4 Å². The molecule has 10 heteroatoms. The van der Waals surface area contributed by atoms with Gasteiger partial charge in [0.2, 0.25) is 11.9 Å². The van der Waals surface area contributed by atoms with Gasteiger partial charge in [0, 0.05) is 38.6 Å². The van der Waals surface area contributed by atoms with Crippen molar-refractivity contribution in [2.75, 3.05) is 36.4 Å². The Bertz CT molecular complexity index is 826. The van der Waals surface area contributed by atoms with Crippen molar-refractivity contribution in [2.45, 2.75) is 19.1 Å². The van der Waals surface area contributed by atoms with Crippen LogP contribution in [-0.4, -0.2) is 53.0 Å². The van der Waals surface area contributed by atoms with Crippen LogP contribution in [0.3, 0.4) is 0 Å². The maximum atomic E-state index is 12.9. The molecule has 1 aromatic carbocycles. The van der Waals surface area contributed by atoms with Crippen molar-refractivity contribution in [1.82, 2.24) is 14.9 Å². The summed E-state index contributed by atoms with van der Waals surface area (Å²) >= 11 is 5.95. The Balaban J connectivity index is 1.61. The summed E-state index contributed by atoms with van der Waals surface area (Å²) in [4.78, 5) is 24.9. The quantitative estimate of drug-likeness (QED) is 0.833. The summed E-state index contributed by atoms with van der Waals surface area (Å²) in [6.45, 7) is 4.20. The number of halogens is 4. The van der Waals surface area contributed by atoms with Crippen LogP contribution in [0.15, 0.2) is 36.7 Å². The lowest BCUT2D eigenvalue weighted by Gasteiger charge is -2.37. The molecule has 150 valence electrons. The summed E-state index contributed by atoms with van der Waals surface area (Å²) in [7, 11) is 0. The molecule has 1 saturated heterocycles. The minimum atomic E-state index is -4.51. The lowest BCUT2D eigenvalue weighted by atomic mass is 10.1. The zero-order chi connectivity index (χ0) is 20.3. The van der Waals surface area contributed by atoms with Crippen LogP contribution in [0.4, 0.5) is 24.8 Å². The first-order valence-electron chi connectivity index (χ1n) is 8.69. The third-order valence-electron chi connectivity index (χ3n) is 4.63. The average molecular weight is 414 g/mol. The van der Waals surface area contributed by atoms with Gasteiger partial charge in [-0.15, -0.1) is 0 Å². The first-order valence-corrected chi connectivity index (χ1v) is 9.07. The molecule has 2 heterocycles. The molecule has 1 aliphatic heterocycles. The lowest BCUT2D eigenvalue weighted by molar-refractivity contribution is -0.137. The fourth-order valence-corrected chi connectivity index (χ4v) is 3.13. The van der Waals surface area contributed by atoms with Crippen LogP contribution in [0.2, 0.25) is 5.02 Å². The van der Waals surface area contributed by atoms with Crippen LogP contribution in [0.25, 0.3) is 0 Å². The summed E-state index contributed by atoms with van der Waals surface area (Å²) < 4.78 is 38.7. The van der Waals surface area contributed by atoms with Crippen molar-refractivity contribution in [3.63, 3.8) is 0 Å². The molecule has 0 aliphatic carbocycles. The molecule has 0 spiro atoms. The van der Waals surface area contributed by atoms with E-state index in [9.17, 15) is 18.0 Å². The van der Waals surface area contributed by atoms with Crippen LogP contribution in [-0.2, 0) is 11.0 Å². The molecule has 1 N–H and O–H groups in total. The Morgan fingerprint density at radius 1 is 1.18 bits per heavy atom. The standard InChI is InChI=1S/C18H19ClF3N5O/c1-12(26-7-9-27(10-8-26)17-23-5-2-6-24-17)16(28)25-15-11-13(18(20,21)22)3-4-14(15)19/h2-6,11-12H,7-10H2,1H3,(H,25,28)/t12-/m1/s1. The van der Waals surface area contributed by atoms with Gasteiger partial charge in [-0.25, -0.2) is 9.97 Å². The van der Waals surface area contributed by atoms with E-state index < -0.39 is 23.7 Å². The first kappa shape index (κ1) is 20.3. The summed E-state index contributed by atoms with van der Waals surface area (Å²) in [6.07, 6.45) is -1.17. The van der Waals surface area contributed by atoms with E-state index in [0.717, 1.165) is 18.2 Å². The van der Waals surface area contributed by atoms with Gasteiger partial charge in [-0.2, -0.15) is 13.2 Å². The van der Waals surface area contributed by atoms with Crippen LogP contribution in [0.1, 0.15) is 12.5 Å². The lowest BCUT2D eigenvalue weighted by Crippen LogP contribution is -2.53. The smallest absolute Gasteiger partial charge is 0.338 e. The minimum absolute atomic E-state index is 0.0512. The first-order chi connectivity index (χ1) is 13.3. The molecule has 1 aliphatic rings. The second-order valence-electron chi connectivity index (χ2n) is 6.43. The number of hydrogen-bond acceptors (Lipinski definition) is 5. The number of piperazine rings is 1. The van der Waals surface area contributed by atoms with Crippen molar-refractivity contribution in [3.05, 3.63) is 47.2 Å². The van der Waals surface area contributed by atoms with Crippen LogP contribution < -0.4 is 10.2 Å². The summed E-state index contributed by atoms with van der Waals surface area (Å²) in [5, 5.41) is 2.57. The number of anilines is 2. The van der Waals surface area contributed by atoms with E-state index >= 15 is 0 Å². The van der Waals surface area contributed by atoms with Crippen LogP contribution >= 0.6 is 11.6 Å². The van der Waals surface area contributed by atoms with Gasteiger partial charge < -0.3 is 10.2 Å². The minimum Gasteiger partial charge on any atom is -0.338 e. The highest BCUT2D eigenvalue weighted by molar-refractivity contribution is 6.33. The highest BCUT2D eigenvalue weighted by Gasteiger charge is 2.32. The van der Waals surface area contributed by atoms with Gasteiger partial charge in [0.15, 0.2) is 0 Å². The molecule has 0 radical (unpaired) electrons. The molecule has 1 fully saturated rings. The Kier molecular flexibility index (Phi) is 6.04. The number of amides is 1. The fraction of sp³-hybridized carbons (Fsp3) is 0.389. The summed E-state index contributed by atoms with van der Waals surface area (Å²) in [6, 6.07) is 4.07. The van der Waals surface area contributed by atoms with Crippen molar-refractivity contribution in [3.8, 4) is 0 Å². The number of aromatic nitrogens is 2. The predicted molar refractivity (Wildman–Crippen MR) is 100 cm³/mol. The third kappa shape index (κ3) is 4.71. The highest BCUT2D eigenvalue weighted by atomic mass is 35.5. The van der Waals surface area contributed by atoms with E-state index in [1.165, 1.54) is 0 Å². The van der Waals surface area contributed by atoms with Gasteiger partial charge in [-0.1, -0.05) is 11.6 Å². The zero-order valence-corrected chi connectivity index (χ0v) is 15.8. The monoisotopic (exact) mass is 413 g/mol. The number of nitrogens with one attached hydrogen (secondary N) is 1. The Hall–Kier alpha value is -2.39. The molecule has 6 nitrogen and oxygen atoms in total. The number of nitrogens with zero attached hydrogens (tertiary/aromatic N) is 4. The third-order valence-corrected chi connectivity index (χ3v) is 4.96. The Labute approximate surface area is 165 Å². The van der Waals surface area contributed by atoms with Gasteiger partial charge in [0.1, 0.15) is 0 Å². The maximum Gasteiger partial charge on any atom is 0.416 e. The van der Waals surface area contributed by atoms with E-state index in [4.69, 9.17) is 11.6 Å². The molecular formula is C18H19ClF3N5O. The van der Waals surface area contributed by atoms with Crippen molar-refractivity contribution >= 4 is 29.1 Å². The Morgan fingerprint density at radius 2 is 1.82 bits per heavy atom. The Morgan fingerprint density at radius 3 is 2.43 bits per heavy atom. The van der Waals surface area contributed by atoms with Gasteiger partial charge in [0.05, 0.1) is 22.3 Å². The van der Waals surface area contributed by atoms with Crippen LogP contribution in [0, 0.1) is 0 Å². The van der Waals surface area contributed by atoms with Crippen molar-refractivity contribution in [1.29, 1.82) is 0 Å². The van der Waals surface area contributed by atoms with Gasteiger partial charge in [-0.05, 0) is 31.2 Å². The second kappa shape index (κ2) is 8.32. The van der Waals surface area contributed by atoms with E-state index in [0.29, 0.717) is 32.1 Å². The van der Waals surface area contributed by atoms with Gasteiger partial charge >= 0.3 is 6.18 Å². The van der Waals surface area contributed by atoms with Crippen molar-refractivity contribution in [2.24, 2.45) is 0 Å². The maximum absolute atomic E-state index is 12.9. The predicted octanol–water partition coefficient (Wildman–Crippen LogP) is 3.30. The van der Waals surface area contributed by atoms with E-state index in [-0.39, 0.29) is 10.7 Å². The largest absolute Gasteiger partial charge is 0.416 e. The molecule has 2 aromatic rings. The molecular weight excluding hydrogens is 395 g/mol. The topological polar surface area (TPSA) is 61.4 Å². The van der Waals surface area contributed by atoms with Gasteiger partial charge in [0.25, 0.3) is 0 Å². The number of benzene rings is 1. The fourth-order valence-electron chi connectivity index (χ4n) is 2.96. The van der Waals surface area contributed by atoms with E-state index in [2.05, 4.69) is 15.3 Å². The van der Waals surface area contributed by atoms with Gasteiger partial charge in [-0.3, -0.25) is 9.69 Å². The molecule has 0 bridgehead atoms. The summed E-state index contributed by atoms with van der Waals surface area (Å²) in [5.41, 5.74) is -0.916. The molecule has 1 aromatic heterocycles. The molecule has 28 heavy (non-hydrogen) atoms. The SMILES string of the molecule is C[C@H](C(=O)Nc1cc(C(F)(F)F)ccc1Cl)N1CCN(c2ncccn2)CC1. The normalized spacial score (nSPS) is 16.7. The number of hydrogen-bond donors (Lipinski definition) is 1. The summed E-state index contributed by atoms with van der Waals surface area (Å²) in [5.74, 6) is 0.223. The number of alkyl halides is 3. The second-order valence-corrected chi connectivity index (χ2v) is 6.84. The zero-order valence-electron chi connectivity index (χ0n) is 15.1. The average Bonchev–Trinajstić information content (AvgIpc) is 2.69. The number of rotatable bonds is 4. The molecule has 3 rings (SSSR count). The van der Waals surface area contributed by atoms with E-state index in [1.807, 2.05) is 9.80 Å². The molecule has 1 amide bonds. The van der Waals surface area contributed by atoms with Crippen LogP contribution in [0.5, 0.6) is 0 Å². The van der Waals surface area contributed by atoms with Crippen molar-refractivity contribution < 1.29 is 18.0 Å². The number of carbonyl (C=O) groups is 1. The molecule has 1 atom stereocenters. The molecule has 0 unspecified atom stereocenters. The highest BCUT2D eigenvalue weighted by Crippen LogP contribution is 2.34. The number of carbonyl (C=O) groups excluding carboxylic acids is 1. The molecule has 0 saturated carbocycles.